The summed E-state index contributed by atoms with van der Waals surface area (Å²) in [4.78, 5) is 5.16. The highest BCUT2D eigenvalue weighted by atomic mass is 15.2. The molecular weight excluding hydrogens is 773 g/mol. The van der Waals surface area contributed by atoms with Gasteiger partial charge in [-0.2, -0.15) is 0 Å². The Bertz CT molecular complexity index is 3120. The van der Waals surface area contributed by atoms with Gasteiger partial charge < -0.3 is 9.80 Å². The Morgan fingerprint density at radius 3 is 1.12 bits per heavy atom. The van der Waals surface area contributed by atoms with Crippen LogP contribution in [-0.4, -0.2) is 0 Å². The van der Waals surface area contributed by atoms with Crippen LogP contribution in [0.15, 0.2) is 176 Å². The van der Waals surface area contributed by atoms with Gasteiger partial charge in [0.25, 0.3) is 0 Å². The fourth-order valence-electron chi connectivity index (χ4n) is 10.3. The predicted molar refractivity (Wildman–Crippen MR) is 278 cm³/mol. The zero-order chi connectivity index (χ0) is 44.4. The van der Waals surface area contributed by atoms with Gasteiger partial charge in [-0.05, 0) is 143 Å². The third-order valence-electron chi connectivity index (χ3n) is 13.6. The van der Waals surface area contributed by atoms with E-state index >= 15 is 0 Å². The molecule has 0 saturated heterocycles. The lowest BCUT2D eigenvalue weighted by atomic mass is 9.83. The normalized spacial score (nSPS) is 11.8. The smallest absolute Gasteiger partial charge is 0.0561 e. The predicted octanol–water partition coefficient (Wildman–Crippen LogP) is 18.0. The lowest BCUT2D eigenvalue weighted by Crippen LogP contribution is -2.18. The van der Waals surface area contributed by atoms with Gasteiger partial charge in [-0.15, -0.1) is 0 Å². The molecule has 64 heavy (non-hydrogen) atoms. The first kappa shape index (κ1) is 40.9. The molecule has 0 amide bonds. The number of anilines is 6. The van der Waals surface area contributed by atoms with Gasteiger partial charge in [0.15, 0.2) is 0 Å². The second-order valence-electron chi connectivity index (χ2n) is 18.8. The van der Waals surface area contributed by atoms with Gasteiger partial charge in [0.1, 0.15) is 0 Å². The molecule has 0 bridgehead atoms. The number of aryl methyl sites for hydroxylation is 4. The fraction of sp³-hybridized carbons (Fsp3) is 0.161. The SMILES string of the molecule is Cc1cccc(C)c1N(c1cccc(-c2ccccc2)c1C)c1cc(N(c2cccc(-c3ccccc3)c2C)c2c(C)cccc2C)c2ccc3cc(C(C)(C)C)cc4ccc1c2c43. The summed E-state index contributed by atoms with van der Waals surface area (Å²) >= 11 is 0. The van der Waals surface area contributed by atoms with Crippen molar-refractivity contribution in [3.63, 3.8) is 0 Å². The Labute approximate surface area is 379 Å². The molecule has 2 heteroatoms. The zero-order valence-electron chi connectivity index (χ0n) is 38.6. The molecule has 0 radical (unpaired) electrons. The van der Waals surface area contributed by atoms with Crippen molar-refractivity contribution in [3.05, 3.63) is 215 Å². The van der Waals surface area contributed by atoms with Crippen LogP contribution in [0.4, 0.5) is 34.1 Å². The maximum Gasteiger partial charge on any atom is 0.0561 e. The van der Waals surface area contributed by atoms with Crippen LogP contribution in [0.2, 0.25) is 0 Å². The summed E-state index contributed by atoms with van der Waals surface area (Å²) in [6.45, 7) is 20.6. The van der Waals surface area contributed by atoms with Crippen LogP contribution in [-0.2, 0) is 5.41 Å². The molecule has 314 valence electrons. The summed E-state index contributed by atoms with van der Waals surface area (Å²) in [5.41, 5.74) is 20.6. The Kier molecular flexibility index (Phi) is 10.1. The third-order valence-corrected chi connectivity index (χ3v) is 13.6. The van der Waals surface area contributed by atoms with E-state index in [0.29, 0.717) is 0 Å². The molecule has 2 nitrogen and oxygen atoms in total. The van der Waals surface area contributed by atoms with E-state index in [2.05, 4.69) is 248 Å². The van der Waals surface area contributed by atoms with Crippen molar-refractivity contribution in [2.24, 2.45) is 0 Å². The molecule has 0 aliphatic rings. The second kappa shape index (κ2) is 15.9. The van der Waals surface area contributed by atoms with Crippen molar-refractivity contribution < 1.29 is 0 Å². The highest BCUT2D eigenvalue weighted by Gasteiger charge is 2.29. The number of hydrogen-bond donors (Lipinski definition) is 0. The van der Waals surface area contributed by atoms with Crippen molar-refractivity contribution >= 4 is 66.4 Å². The molecule has 0 spiro atoms. The lowest BCUT2D eigenvalue weighted by Gasteiger charge is -2.36. The molecule has 0 aromatic heterocycles. The van der Waals surface area contributed by atoms with Gasteiger partial charge in [0.05, 0.1) is 22.7 Å². The monoisotopic (exact) mass is 828 g/mol. The fourth-order valence-corrected chi connectivity index (χ4v) is 10.3. The van der Waals surface area contributed by atoms with E-state index in [1.54, 1.807) is 0 Å². The van der Waals surface area contributed by atoms with Crippen LogP contribution in [0.5, 0.6) is 0 Å². The van der Waals surface area contributed by atoms with Gasteiger partial charge in [-0.1, -0.05) is 178 Å². The molecule has 10 aromatic carbocycles. The minimum Gasteiger partial charge on any atom is -0.309 e. The van der Waals surface area contributed by atoms with Crippen LogP contribution in [0.1, 0.15) is 59.7 Å². The summed E-state index contributed by atoms with van der Waals surface area (Å²) in [5.74, 6) is 0. The van der Waals surface area contributed by atoms with Crippen LogP contribution in [0, 0.1) is 41.5 Å². The van der Waals surface area contributed by atoms with Crippen molar-refractivity contribution in [2.75, 3.05) is 9.80 Å². The van der Waals surface area contributed by atoms with E-state index in [9.17, 15) is 0 Å². The summed E-state index contributed by atoms with van der Waals surface area (Å²) < 4.78 is 0. The topological polar surface area (TPSA) is 6.48 Å². The molecule has 0 saturated carbocycles. The quantitative estimate of drug-likeness (QED) is 0.141. The molecule has 0 heterocycles. The molecule has 10 aromatic rings. The van der Waals surface area contributed by atoms with E-state index < -0.39 is 0 Å². The van der Waals surface area contributed by atoms with Crippen LogP contribution in [0.25, 0.3) is 54.6 Å². The summed E-state index contributed by atoms with van der Waals surface area (Å²) in [5, 5.41) is 7.57. The van der Waals surface area contributed by atoms with Crippen LogP contribution >= 0.6 is 0 Å². The zero-order valence-corrected chi connectivity index (χ0v) is 38.6. The summed E-state index contributed by atoms with van der Waals surface area (Å²) in [7, 11) is 0. The Morgan fingerprint density at radius 1 is 0.344 bits per heavy atom. The van der Waals surface area contributed by atoms with Crippen LogP contribution in [0.3, 0.4) is 0 Å². The molecule has 0 aliphatic heterocycles. The van der Waals surface area contributed by atoms with Gasteiger partial charge in [0, 0.05) is 27.5 Å². The van der Waals surface area contributed by atoms with E-state index in [0.717, 1.165) is 22.7 Å². The van der Waals surface area contributed by atoms with Gasteiger partial charge in [0.2, 0.25) is 0 Å². The largest absolute Gasteiger partial charge is 0.309 e. The lowest BCUT2D eigenvalue weighted by molar-refractivity contribution is 0.591. The first-order valence-electron chi connectivity index (χ1n) is 22.7. The summed E-state index contributed by atoms with van der Waals surface area (Å²) in [6, 6.07) is 65.6. The number of nitrogens with zero attached hydrogens (tertiary/aromatic N) is 2. The maximum absolute atomic E-state index is 2.58. The molecule has 0 fully saturated rings. The molecule has 0 N–H and O–H groups in total. The number of benzene rings is 10. The maximum atomic E-state index is 2.58. The van der Waals surface area contributed by atoms with E-state index in [1.807, 2.05) is 0 Å². The first-order valence-corrected chi connectivity index (χ1v) is 22.7. The highest BCUT2D eigenvalue weighted by Crippen LogP contribution is 2.53. The molecule has 0 atom stereocenters. The number of para-hydroxylation sites is 2. The second-order valence-corrected chi connectivity index (χ2v) is 18.8. The van der Waals surface area contributed by atoms with Gasteiger partial charge >= 0.3 is 0 Å². The van der Waals surface area contributed by atoms with Gasteiger partial charge in [-0.3, -0.25) is 0 Å². The Morgan fingerprint density at radius 2 is 0.734 bits per heavy atom. The number of rotatable bonds is 8. The van der Waals surface area contributed by atoms with Crippen molar-refractivity contribution in [2.45, 2.75) is 67.7 Å². The van der Waals surface area contributed by atoms with Crippen LogP contribution < -0.4 is 9.80 Å². The first-order chi connectivity index (χ1) is 30.9. The number of hydrogen-bond acceptors (Lipinski definition) is 2. The minimum absolute atomic E-state index is 0.00168. The Hall–Kier alpha value is -7.16. The average molecular weight is 829 g/mol. The standard InChI is InChI=1S/C62H56N2/c1-39-20-16-21-40(2)60(39)63(54-30-18-28-50(43(54)5)45-24-12-10-13-25-45)56-38-57(53-35-33-48-37-49(62(7,8)9)36-47-32-34-52(56)59(53)58(47)48)64(61-41(3)22-17-23-42(61)4)55-31-19-29-51(44(55)6)46-26-14-11-15-27-46/h10-38H,1-9H3. The van der Waals surface area contributed by atoms with Crippen molar-refractivity contribution in [3.8, 4) is 22.3 Å². The highest BCUT2D eigenvalue weighted by molar-refractivity contribution is 6.29. The van der Waals surface area contributed by atoms with E-state index in [4.69, 9.17) is 0 Å². The molecule has 0 unspecified atom stereocenters. The van der Waals surface area contributed by atoms with E-state index in [-0.39, 0.29) is 5.41 Å². The summed E-state index contributed by atoms with van der Waals surface area (Å²) in [6.07, 6.45) is 0. The molecule has 10 rings (SSSR count). The average Bonchev–Trinajstić information content (AvgIpc) is 3.29. The minimum atomic E-state index is 0.00168. The molecule has 0 aliphatic carbocycles. The van der Waals surface area contributed by atoms with Crippen molar-refractivity contribution in [1.29, 1.82) is 0 Å². The third kappa shape index (κ3) is 6.81. The van der Waals surface area contributed by atoms with E-state index in [1.165, 1.54) is 105 Å². The van der Waals surface area contributed by atoms with Gasteiger partial charge in [-0.25, -0.2) is 0 Å². The Balaban J connectivity index is 1.39. The molecular formula is C62H56N2. The van der Waals surface area contributed by atoms with Crippen molar-refractivity contribution in [1.82, 2.24) is 0 Å².